The highest BCUT2D eigenvalue weighted by molar-refractivity contribution is 7.86. The lowest BCUT2D eigenvalue weighted by Crippen LogP contribution is -2.21. The fourth-order valence-corrected chi connectivity index (χ4v) is 3.64. The number of carbonyl (C=O) groups is 2. The van der Waals surface area contributed by atoms with E-state index in [0.717, 1.165) is 23.3 Å². The van der Waals surface area contributed by atoms with E-state index in [2.05, 4.69) is 5.32 Å². The van der Waals surface area contributed by atoms with Crippen molar-refractivity contribution in [2.45, 2.75) is 4.90 Å². The van der Waals surface area contributed by atoms with Gasteiger partial charge in [-0.05, 0) is 47.5 Å². The molecule has 160 valence electrons. The number of aromatic carboxylic acids is 1. The molecule has 0 fully saturated rings. The van der Waals surface area contributed by atoms with Crippen molar-refractivity contribution in [3.63, 3.8) is 0 Å². The van der Waals surface area contributed by atoms with Gasteiger partial charge in [-0.3, -0.25) is 8.98 Å². The van der Waals surface area contributed by atoms with Crippen molar-refractivity contribution in [2.75, 3.05) is 11.9 Å². The topological polar surface area (TPSA) is 130 Å². The molecule has 0 aromatic heterocycles. The maximum absolute atomic E-state index is 12.3. The number of nitrogens with one attached hydrogen (secondary N) is 1. The molecule has 0 spiro atoms. The minimum absolute atomic E-state index is 0.0841. The monoisotopic (exact) mass is 461 g/mol. The normalized spacial score (nSPS) is 11.1. The van der Waals surface area contributed by atoms with Crippen LogP contribution in [0.1, 0.15) is 10.4 Å². The summed E-state index contributed by atoms with van der Waals surface area (Å²) in [5.41, 5.74) is 1.38. The van der Waals surface area contributed by atoms with Crippen LogP contribution in [0.15, 0.2) is 71.6 Å². The largest absolute Gasteiger partial charge is 0.507 e. The Kier molecular flexibility index (Phi) is 6.59. The minimum Gasteiger partial charge on any atom is -0.507 e. The number of carboxylic acid groups (broad SMARTS) is 1. The van der Waals surface area contributed by atoms with Gasteiger partial charge in [0.2, 0.25) is 0 Å². The Balaban J connectivity index is 1.63. The van der Waals surface area contributed by atoms with Gasteiger partial charge in [-0.15, -0.1) is 0 Å². The Bertz CT molecular complexity index is 1220. The second-order valence-electron chi connectivity index (χ2n) is 6.33. The van der Waals surface area contributed by atoms with Crippen molar-refractivity contribution in [3.8, 4) is 16.9 Å². The molecular formula is C21H16ClNO7S. The molecule has 3 rings (SSSR count). The first-order valence-corrected chi connectivity index (χ1v) is 10.6. The van der Waals surface area contributed by atoms with Crippen LogP contribution in [0.5, 0.6) is 5.75 Å². The van der Waals surface area contributed by atoms with Crippen LogP contribution in [-0.2, 0) is 19.1 Å². The number of anilines is 1. The molecular weight excluding hydrogens is 446 g/mol. The zero-order valence-corrected chi connectivity index (χ0v) is 17.4. The van der Waals surface area contributed by atoms with E-state index in [1.807, 2.05) is 0 Å². The number of carbonyl (C=O) groups excluding carboxylic acids is 1. The van der Waals surface area contributed by atoms with Crippen LogP contribution in [0.2, 0.25) is 5.02 Å². The highest BCUT2D eigenvalue weighted by Crippen LogP contribution is 2.24. The fraction of sp³-hybridized carbons (Fsp3) is 0.0476. The standard InChI is InChI=1S/C21H16ClNO7S/c22-15-5-1-13(2-6-15)14-3-8-17(9-4-14)31(28,29)30-12-20(25)23-16-7-10-18(21(26)27)19(24)11-16/h1-11,24H,12H2,(H,23,25)(H,26,27). The van der Waals surface area contributed by atoms with Gasteiger partial charge >= 0.3 is 5.97 Å². The molecule has 1 amide bonds. The van der Waals surface area contributed by atoms with E-state index in [1.165, 1.54) is 18.2 Å². The molecule has 10 heteroatoms. The lowest BCUT2D eigenvalue weighted by molar-refractivity contribution is -0.118. The average Bonchev–Trinajstić information content (AvgIpc) is 2.73. The Morgan fingerprint density at radius 1 is 0.935 bits per heavy atom. The molecule has 3 aromatic carbocycles. The second kappa shape index (κ2) is 9.17. The van der Waals surface area contributed by atoms with Crippen LogP contribution in [0.3, 0.4) is 0 Å². The van der Waals surface area contributed by atoms with E-state index < -0.39 is 34.4 Å². The van der Waals surface area contributed by atoms with E-state index >= 15 is 0 Å². The Hall–Kier alpha value is -3.40. The van der Waals surface area contributed by atoms with Crippen LogP contribution in [0, 0.1) is 0 Å². The van der Waals surface area contributed by atoms with Gasteiger partial charge < -0.3 is 15.5 Å². The highest BCUT2D eigenvalue weighted by Gasteiger charge is 2.18. The number of rotatable bonds is 7. The molecule has 0 aliphatic rings. The van der Waals surface area contributed by atoms with Gasteiger partial charge in [-0.25, -0.2) is 4.79 Å². The van der Waals surface area contributed by atoms with Crippen molar-refractivity contribution < 1.29 is 32.4 Å². The summed E-state index contributed by atoms with van der Waals surface area (Å²) in [5, 5.41) is 21.4. The molecule has 0 aliphatic carbocycles. The van der Waals surface area contributed by atoms with Crippen LogP contribution in [0.25, 0.3) is 11.1 Å². The molecule has 3 aromatic rings. The third kappa shape index (κ3) is 5.60. The highest BCUT2D eigenvalue weighted by atomic mass is 35.5. The quantitative estimate of drug-likeness (QED) is 0.457. The third-order valence-corrected chi connectivity index (χ3v) is 5.71. The Morgan fingerprint density at radius 2 is 1.52 bits per heavy atom. The van der Waals surface area contributed by atoms with Gasteiger partial charge in [0.05, 0.1) is 4.90 Å². The van der Waals surface area contributed by atoms with Gasteiger partial charge in [-0.2, -0.15) is 8.42 Å². The number of benzene rings is 3. The molecule has 0 bridgehead atoms. The maximum Gasteiger partial charge on any atom is 0.339 e. The molecule has 3 N–H and O–H groups in total. The first-order valence-electron chi connectivity index (χ1n) is 8.77. The molecule has 31 heavy (non-hydrogen) atoms. The predicted octanol–water partition coefficient (Wildman–Crippen LogP) is 3.75. The van der Waals surface area contributed by atoms with E-state index in [4.69, 9.17) is 20.9 Å². The van der Waals surface area contributed by atoms with Crippen molar-refractivity contribution >= 4 is 39.3 Å². The lowest BCUT2D eigenvalue weighted by atomic mass is 10.1. The van der Waals surface area contributed by atoms with Crippen molar-refractivity contribution in [2.24, 2.45) is 0 Å². The molecule has 0 saturated carbocycles. The van der Waals surface area contributed by atoms with E-state index in [1.54, 1.807) is 36.4 Å². The van der Waals surface area contributed by atoms with Gasteiger partial charge in [0.1, 0.15) is 17.9 Å². The maximum atomic E-state index is 12.3. The van der Waals surface area contributed by atoms with Crippen LogP contribution >= 0.6 is 11.6 Å². The predicted molar refractivity (Wildman–Crippen MR) is 114 cm³/mol. The summed E-state index contributed by atoms with van der Waals surface area (Å²) in [6, 6.07) is 16.4. The van der Waals surface area contributed by atoms with Gasteiger partial charge in [0.25, 0.3) is 16.0 Å². The van der Waals surface area contributed by atoms with Gasteiger partial charge in [0, 0.05) is 16.8 Å². The minimum atomic E-state index is -4.19. The van der Waals surface area contributed by atoms with Crippen LogP contribution in [0.4, 0.5) is 5.69 Å². The molecule has 0 radical (unpaired) electrons. The van der Waals surface area contributed by atoms with Crippen LogP contribution < -0.4 is 5.32 Å². The second-order valence-corrected chi connectivity index (χ2v) is 8.38. The summed E-state index contributed by atoms with van der Waals surface area (Å²) in [5.74, 6) is -2.67. The van der Waals surface area contributed by atoms with Crippen molar-refractivity contribution in [3.05, 3.63) is 77.3 Å². The number of hydrogen-bond donors (Lipinski definition) is 3. The molecule has 0 heterocycles. The van der Waals surface area contributed by atoms with E-state index in [-0.39, 0.29) is 16.1 Å². The zero-order chi connectivity index (χ0) is 22.6. The smallest absolute Gasteiger partial charge is 0.339 e. The molecule has 0 aliphatic heterocycles. The summed E-state index contributed by atoms with van der Waals surface area (Å²) < 4.78 is 29.4. The Labute approximate surface area is 182 Å². The van der Waals surface area contributed by atoms with Gasteiger partial charge in [-0.1, -0.05) is 35.9 Å². The van der Waals surface area contributed by atoms with Crippen molar-refractivity contribution in [1.82, 2.24) is 0 Å². The van der Waals surface area contributed by atoms with Crippen molar-refractivity contribution in [1.29, 1.82) is 0 Å². The number of phenols is 1. The Morgan fingerprint density at radius 3 is 2.06 bits per heavy atom. The fourth-order valence-electron chi connectivity index (χ4n) is 2.64. The molecule has 0 saturated heterocycles. The lowest BCUT2D eigenvalue weighted by Gasteiger charge is -2.09. The SMILES string of the molecule is O=C(COS(=O)(=O)c1ccc(-c2ccc(Cl)cc2)cc1)Nc1ccc(C(=O)O)c(O)c1. The van der Waals surface area contributed by atoms with Crippen LogP contribution in [-0.4, -0.2) is 37.1 Å². The molecule has 8 nitrogen and oxygen atoms in total. The van der Waals surface area contributed by atoms with E-state index in [9.17, 15) is 23.1 Å². The zero-order valence-electron chi connectivity index (χ0n) is 15.8. The average molecular weight is 462 g/mol. The summed E-state index contributed by atoms with van der Waals surface area (Å²) in [6.07, 6.45) is 0. The summed E-state index contributed by atoms with van der Waals surface area (Å²) in [7, 11) is -4.19. The summed E-state index contributed by atoms with van der Waals surface area (Å²) in [6.45, 7) is -0.803. The summed E-state index contributed by atoms with van der Waals surface area (Å²) >= 11 is 5.86. The number of amides is 1. The number of aromatic hydroxyl groups is 1. The first kappa shape index (κ1) is 22.3. The van der Waals surface area contributed by atoms with E-state index in [0.29, 0.717) is 5.02 Å². The third-order valence-electron chi connectivity index (χ3n) is 4.18. The number of halogens is 1. The molecule has 0 unspecified atom stereocenters. The van der Waals surface area contributed by atoms with Gasteiger partial charge in [0.15, 0.2) is 0 Å². The number of hydrogen-bond acceptors (Lipinski definition) is 6. The summed E-state index contributed by atoms with van der Waals surface area (Å²) in [4.78, 5) is 22.7. The first-order chi connectivity index (χ1) is 14.7. The number of carboxylic acids is 1. The molecule has 0 atom stereocenters.